The quantitative estimate of drug-likeness (QED) is 0.573. The van der Waals surface area contributed by atoms with Crippen LogP contribution in [-0.4, -0.2) is 28.9 Å². The number of aliphatic hydroxyl groups excluding tert-OH is 2. The van der Waals surface area contributed by atoms with Gasteiger partial charge in [0.25, 0.3) is 0 Å². The predicted octanol–water partition coefficient (Wildman–Crippen LogP) is -1.33. The summed E-state index contributed by atoms with van der Waals surface area (Å²) in [6, 6.07) is 0. The number of carbonyl (C=O) groups excluding carboxylic acids is 1. The first kappa shape index (κ1) is 12.6. The van der Waals surface area contributed by atoms with Crippen LogP contribution in [0.3, 0.4) is 0 Å². The molecule has 2 N–H and O–H groups in total. The Morgan fingerprint density at radius 1 is 1.78 bits per heavy atom. The summed E-state index contributed by atoms with van der Waals surface area (Å²) in [5.74, 6) is -0.850. The molecule has 0 saturated carbocycles. The molecule has 51 valence electrons. The summed E-state index contributed by atoms with van der Waals surface area (Å²) in [6.07, 6.45) is -1.41. The minimum atomic E-state index is -1.41. The minimum absolute atomic E-state index is 0. The standard InChI is InChI=1S/C3H7O4P.Y/c4-1-2(5)3(6)7-8;/h2,4-5H,1,8H2;/t2-;/m0./s1. The van der Waals surface area contributed by atoms with E-state index >= 15 is 0 Å². The minimum Gasteiger partial charge on any atom is -0.450 e. The third-order valence-electron chi connectivity index (χ3n) is 0.561. The molecule has 0 aliphatic rings. The van der Waals surface area contributed by atoms with E-state index in [0.29, 0.717) is 0 Å². The van der Waals surface area contributed by atoms with Crippen molar-refractivity contribution in [3.63, 3.8) is 0 Å². The molecule has 0 spiro atoms. The molecule has 0 saturated heterocycles. The number of aliphatic hydroxyl groups is 2. The van der Waals surface area contributed by atoms with Gasteiger partial charge in [0, 0.05) is 32.7 Å². The zero-order valence-corrected chi connectivity index (χ0v) is 8.64. The third kappa shape index (κ3) is 5.37. The normalized spacial score (nSPS) is 11.4. The van der Waals surface area contributed by atoms with Gasteiger partial charge >= 0.3 is 5.97 Å². The molecule has 0 aromatic rings. The molecule has 0 aromatic carbocycles. The van der Waals surface area contributed by atoms with Crippen molar-refractivity contribution < 1.29 is 52.2 Å². The summed E-state index contributed by atoms with van der Waals surface area (Å²) in [7, 11) is 1.67. The molecular formula is C3H7O4PY. The van der Waals surface area contributed by atoms with E-state index in [1.165, 1.54) is 0 Å². The van der Waals surface area contributed by atoms with Gasteiger partial charge in [0.1, 0.15) is 0 Å². The first-order valence-electron chi connectivity index (χ1n) is 1.92. The van der Waals surface area contributed by atoms with E-state index in [-0.39, 0.29) is 32.7 Å². The van der Waals surface area contributed by atoms with Crippen molar-refractivity contribution >= 4 is 15.4 Å². The van der Waals surface area contributed by atoms with Gasteiger partial charge in [-0.1, -0.05) is 0 Å². The molecule has 0 rings (SSSR count). The van der Waals surface area contributed by atoms with Gasteiger partial charge in [-0.15, -0.1) is 0 Å². The van der Waals surface area contributed by atoms with E-state index in [9.17, 15) is 4.79 Å². The summed E-state index contributed by atoms with van der Waals surface area (Å²) in [4.78, 5) is 10.1. The molecule has 6 heteroatoms. The third-order valence-corrected chi connectivity index (χ3v) is 0.793. The van der Waals surface area contributed by atoms with Crippen LogP contribution in [0.15, 0.2) is 0 Å². The van der Waals surface area contributed by atoms with Crippen LogP contribution >= 0.6 is 9.47 Å². The first-order chi connectivity index (χ1) is 3.72. The molecule has 0 aliphatic heterocycles. The molecule has 0 bridgehead atoms. The van der Waals surface area contributed by atoms with Crippen molar-refractivity contribution in [2.24, 2.45) is 0 Å². The van der Waals surface area contributed by atoms with Crippen molar-refractivity contribution in [3.05, 3.63) is 0 Å². The topological polar surface area (TPSA) is 66.8 Å². The van der Waals surface area contributed by atoms with Crippen molar-refractivity contribution in [1.82, 2.24) is 0 Å². The Morgan fingerprint density at radius 3 is 2.33 bits per heavy atom. The van der Waals surface area contributed by atoms with Gasteiger partial charge in [-0.25, -0.2) is 4.79 Å². The molecule has 0 aliphatic carbocycles. The maximum atomic E-state index is 10.1. The molecule has 0 heterocycles. The summed E-state index contributed by atoms with van der Waals surface area (Å²) < 4.78 is 3.97. The summed E-state index contributed by atoms with van der Waals surface area (Å²) >= 11 is 0. The van der Waals surface area contributed by atoms with E-state index in [2.05, 4.69) is 4.52 Å². The zero-order chi connectivity index (χ0) is 6.57. The van der Waals surface area contributed by atoms with E-state index in [1.807, 2.05) is 0 Å². The first-order valence-corrected chi connectivity index (χ1v) is 2.39. The Kier molecular flexibility index (Phi) is 9.84. The molecular weight excluding hydrogens is 220 g/mol. The average Bonchev–Trinajstić information content (AvgIpc) is 1.84. The SMILES string of the molecule is O=C(OP)[C@@H](O)CO.[Y]. The van der Waals surface area contributed by atoms with E-state index < -0.39 is 18.7 Å². The Bertz CT molecular complexity index is 87.9. The number of rotatable bonds is 2. The smallest absolute Gasteiger partial charge is 0.339 e. The van der Waals surface area contributed by atoms with Gasteiger partial charge in [0.15, 0.2) is 6.10 Å². The molecule has 2 atom stereocenters. The average molecular weight is 227 g/mol. The maximum Gasteiger partial charge on any atom is 0.339 e. The number of hydrogen-bond acceptors (Lipinski definition) is 4. The van der Waals surface area contributed by atoms with Crippen LogP contribution < -0.4 is 0 Å². The second-order valence-corrected chi connectivity index (χ2v) is 1.37. The van der Waals surface area contributed by atoms with Gasteiger partial charge in [0.2, 0.25) is 0 Å². The fourth-order valence-corrected chi connectivity index (χ4v) is 0.310. The predicted molar refractivity (Wildman–Crippen MR) is 28.9 cm³/mol. The van der Waals surface area contributed by atoms with Crippen molar-refractivity contribution in [3.8, 4) is 0 Å². The fourth-order valence-electron chi connectivity index (χ4n) is 0.153. The molecule has 0 amide bonds. The van der Waals surface area contributed by atoms with Gasteiger partial charge in [-0.05, 0) is 0 Å². The number of hydrogen-bond donors (Lipinski definition) is 2. The second-order valence-electron chi connectivity index (χ2n) is 1.14. The number of carbonyl (C=O) groups is 1. The molecule has 0 aromatic heterocycles. The molecule has 0 fully saturated rings. The summed E-state index contributed by atoms with van der Waals surface area (Å²) in [5.41, 5.74) is 0. The Balaban J connectivity index is 0. The van der Waals surface area contributed by atoms with Crippen LogP contribution in [0.5, 0.6) is 0 Å². The zero-order valence-electron chi connectivity index (χ0n) is 4.65. The van der Waals surface area contributed by atoms with Gasteiger partial charge in [-0.3, -0.25) is 0 Å². The van der Waals surface area contributed by atoms with Gasteiger partial charge in [-0.2, -0.15) is 0 Å². The van der Waals surface area contributed by atoms with Crippen molar-refractivity contribution in [2.45, 2.75) is 6.10 Å². The van der Waals surface area contributed by atoms with Crippen LogP contribution in [0.2, 0.25) is 0 Å². The fraction of sp³-hybridized carbons (Fsp3) is 0.667. The Labute approximate surface area is 80.1 Å². The second kappa shape index (κ2) is 7.04. The largest absolute Gasteiger partial charge is 0.450 e. The summed E-state index contributed by atoms with van der Waals surface area (Å²) in [5, 5.41) is 16.5. The van der Waals surface area contributed by atoms with Gasteiger partial charge < -0.3 is 14.7 Å². The molecule has 4 nitrogen and oxygen atoms in total. The van der Waals surface area contributed by atoms with Crippen LogP contribution in [0.1, 0.15) is 0 Å². The molecule has 1 unspecified atom stereocenters. The van der Waals surface area contributed by atoms with Crippen molar-refractivity contribution in [2.75, 3.05) is 6.61 Å². The Morgan fingerprint density at radius 2 is 2.22 bits per heavy atom. The van der Waals surface area contributed by atoms with Crippen LogP contribution in [0.25, 0.3) is 0 Å². The van der Waals surface area contributed by atoms with E-state index in [0.717, 1.165) is 0 Å². The van der Waals surface area contributed by atoms with E-state index in [1.54, 1.807) is 9.47 Å². The molecule has 1 radical (unpaired) electrons. The van der Waals surface area contributed by atoms with Crippen LogP contribution in [0.4, 0.5) is 0 Å². The van der Waals surface area contributed by atoms with E-state index in [4.69, 9.17) is 10.2 Å². The van der Waals surface area contributed by atoms with Crippen molar-refractivity contribution in [1.29, 1.82) is 0 Å². The molecule has 9 heavy (non-hydrogen) atoms. The van der Waals surface area contributed by atoms with Crippen LogP contribution in [0, 0.1) is 0 Å². The summed E-state index contributed by atoms with van der Waals surface area (Å²) in [6.45, 7) is -0.604. The Hall–Kier alpha value is 0.924. The van der Waals surface area contributed by atoms with Crippen LogP contribution in [-0.2, 0) is 42.0 Å². The van der Waals surface area contributed by atoms with Gasteiger partial charge in [0.05, 0.1) is 16.1 Å². The maximum absolute atomic E-state index is 10.1. The monoisotopic (exact) mass is 227 g/mol.